The highest BCUT2D eigenvalue weighted by molar-refractivity contribution is 5.90. The topological polar surface area (TPSA) is 61.4 Å². The lowest BCUT2D eigenvalue weighted by atomic mass is 10.0. The van der Waals surface area contributed by atoms with Gasteiger partial charge in [-0.05, 0) is 56.9 Å². The summed E-state index contributed by atoms with van der Waals surface area (Å²) in [4.78, 5) is 27.0. The van der Waals surface area contributed by atoms with Crippen LogP contribution in [0, 0.1) is 27.7 Å². The smallest absolute Gasteiger partial charge is 0.321 e. The van der Waals surface area contributed by atoms with E-state index in [1.54, 1.807) is 0 Å². The summed E-state index contributed by atoms with van der Waals surface area (Å²) in [6, 6.07) is 14.3. The molecule has 34 heavy (non-hydrogen) atoms. The van der Waals surface area contributed by atoms with Gasteiger partial charge in [-0.15, -0.1) is 0 Å². The van der Waals surface area contributed by atoms with E-state index in [4.69, 9.17) is 9.97 Å². The van der Waals surface area contributed by atoms with Gasteiger partial charge >= 0.3 is 6.03 Å². The summed E-state index contributed by atoms with van der Waals surface area (Å²) in [5.41, 5.74) is 7.59. The van der Waals surface area contributed by atoms with Crippen LogP contribution >= 0.6 is 0 Å². The number of piperazine rings is 1. The lowest BCUT2D eigenvalue weighted by Crippen LogP contribution is -2.50. The summed E-state index contributed by atoms with van der Waals surface area (Å²) in [6.45, 7) is 15.4. The van der Waals surface area contributed by atoms with Crippen LogP contribution in [0.3, 0.4) is 0 Å². The van der Waals surface area contributed by atoms with Crippen molar-refractivity contribution in [2.75, 3.05) is 36.4 Å². The summed E-state index contributed by atoms with van der Waals surface area (Å²) in [5, 5.41) is 3.09. The van der Waals surface area contributed by atoms with E-state index in [2.05, 4.69) is 69.1 Å². The van der Waals surface area contributed by atoms with Gasteiger partial charge in [0.2, 0.25) is 0 Å². The van der Waals surface area contributed by atoms with Crippen LogP contribution in [-0.2, 0) is 0 Å². The predicted octanol–water partition coefficient (Wildman–Crippen LogP) is 5.85. The summed E-state index contributed by atoms with van der Waals surface area (Å²) in [5.74, 6) is 2.07. The standard InChI is InChI=1S/C28H35N5O/c1-18(2)25-22(6)29-26(23-11-7-9-19(3)17-23)31-27(25)32-13-15-33(16-14-32)28(34)30-24-12-8-10-20(4)21(24)5/h7-12,17-18H,13-16H2,1-6H3,(H,30,34). The highest BCUT2D eigenvalue weighted by Crippen LogP contribution is 2.31. The molecule has 6 nitrogen and oxygen atoms in total. The van der Waals surface area contributed by atoms with Gasteiger partial charge in [-0.1, -0.05) is 49.7 Å². The van der Waals surface area contributed by atoms with E-state index in [-0.39, 0.29) is 6.03 Å². The number of hydrogen-bond acceptors (Lipinski definition) is 4. The van der Waals surface area contributed by atoms with E-state index in [1.807, 2.05) is 30.0 Å². The van der Waals surface area contributed by atoms with Crippen LogP contribution < -0.4 is 10.2 Å². The van der Waals surface area contributed by atoms with E-state index < -0.39 is 0 Å². The first-order valence-electron chi connectivity index (χ1n) is 12.1. The maximum absolute atomic E-state index is 12.9. The molecule has 0 saturated carbocycles. The second-order valence-electron chi connectivity index (χ2n) is 9.55. The van der Waals surface area contributed by atoms with Crippen molar-refractivity contribution >= 4 is 17.5 Å². The van der Waals surface area contributed by atoms with Crippen LogP contribution in [0.4, 0.5) is 16.3 Å². The lowest BCUT2D eigenvalue weighted by Gasteiger charge is -2.37. The number of hydrogen-bond donors (Lipinski definition) is 1. The Morgan fingerprint density at radius 2 is 1.65 bits per heavy atom. The maximum Gasteiger partial charge on any atom is 0.321 e. The number of carbonyl (C=O) groups is 1. The summed E-state index contributed by atoms with van der Waals surface area (Å²) in [6.07, 6.45) is 0. The van der Waals surface area contributed by atoms with E-state index in [0.717, 1.165) is 47.2 Å². The van der Waals surface area contributed by atoms with E-state index >= 15 is 0 Å². The minimum atomic E-state index is -0.0447. The second-order valence-corrected chi connectivity index (χ2v) is 9.55. The molecule has 1 aromatic heterocycles. The first-order valence-corrected chi connectivity index (χ1v) is 12.1. The fourth-order valence-corrected chi connectivity index (χ4v) is 4.60. The van der Waals surface area contributed by atoms with Gasteiger partial charge in [0.05, 0.1) is 0 Å². The number of carbonyl (C=O) groups excluding carboxylic acids is 1. The Hall–Kier alpha value is -3.41. The molecule has 0 aliphatic carbocycles. The molecule has 4 rings (SSSR count). The molecule has 178 valence electrons. The average molecular weight is 458 g/mol. The number of rotatable bonds is 4. The van der Waals surface area contributed by atoms with Crippen molar-refractivity contribution in [3.05, 3.63) is 70.4 Å². The van der Waals surface area contributed by atoms with E-state index in [0.29, 0.717) is 19.0 Å². The molecular weight excluding hydrogens is 422 g/mol. The molecule has 1 aliphatic rings. The highest BCUT2D eigenvalue weighted by Gasteiger charge is 2.26. The third-order valence-electron chi connectivity index (χ3n) is 6.68. The molecule has 2 heterocycles. The van der Waals surface area contributed by atoms with Crippen LogP contribution in [0.15, 0.2) is 42.5 Å². The Bertz CT molecular complexity index is 1200. The molecule has 0 bridgehead atoms. The first-order chi connectivity index (χ1) is 16.2. The molecule has 2 aromatic carbocycles. The normalized spacial score (nSPS) is 14.0. The van der Waals surface area contributed by atoms with Crippen LogP contribution in [-0.4, -0.2) is 47.1 Å². The van der Waals surface area contributed by atoms with Gasteiger partial charge < -0.3 is 15.1 Å². The van der Waals surface area contributed by atoms with Gasteiger partial charge in [0, 0.05) is 48.7 Å². The summed E-state index contributed by atoms with van der Waals surface area (Å²) >= 11 is 0. The zero-order chi connectivity index (χ0) is 24.4. The van der Waals surface area contributed by atoms with Gasteiger partial charge in [-0.2, -0.15) is 0 Å². The first kappa shape index (κ1) is 23.7. The number of urea groups is 1. The number of aryl methyl sites for hydroxylation is 3. The second kappa shape index (κ2) is 9.84. The fraction of sp³-hybridized carbons (Fsp3) is 0.393. The molecule has 0 spiro atoms. The molecule has 0 atom stereocenters. The van der Waals surface area contributed by atoms with Gasteiger partial charge in [-0.3, -0.25) is 0 Å². The largest absolute Gasteiger partial charge is 0.353 e. The molecule has 0 unspecified atom stereocenters. The maximum atomic E-state index is 12.9. The summed E-state index contributed by atoms with van der Waals surface area (Å²) < 4.78 is 0. The minimum absolute atomic E-state index is 0.0447. The Morgan fingerprint density at radius 1 is 0.941 bits per heavy atom. The molecule has 1 aliphatic heterocycles. The van der Waals surface area contributed by atoms with E-state index in [1.165, 1.54) is 16.7 Å². The SMILES string of the molecule is Cc1cccc(-c2nc(C)c(C(C)C)c(N3CCN(C(=O)Nc4cccc(C)c4C)CC3)n2)c1. The van der Waals surface area contributed by atoms with Crippen LogP contribution in [0.2, 0.25) is 0 Å². The number of nitrogens with one attached hydrogen (secondary N) is 1. The average Bonchev–Trinajstić information content (AvgIpc) is 2.81. The molecule has 6 heteroatoms. The molecule has 1 fully saturated rings. The molecular formula is C28H35N5O. The van der Waals surface area contributed by atoms with Crippen molar-refractivity contribution in [2.24, 2.45) is 0 Å². The van der Waals surface area contributed by atoms with Crippen molar-refractivity contribution in [3.8, 4) is 11.4 Å². The number of aromatic nitrogens is 2. The van der Waals surface area contributed by atoms with Crippen molar-refractivity contribution in [1.82, 2.24) is 14.9 Å². The predicted molar refractivity (Wildman–Crippen MR) is 140 cm³/mol. The lowest BCUT2D eigenvalue weighted by molar-refractivity contribution is 0.208. The molecule has 3 aromatic rings. The third-order valence-corrected chi connectivity index (χ3v) is 6.68. The number of nitrogens with zero attached hydrogens (tertiary/aromatic N) is 4. The number of anilines is 2. The van der Waals surface area contributed by atoms with Gasteiger partial charge in [0.25, 0.3) is 0 Å². The zero-order valence-electron chi connectivity index (χ0n) is 21.1. The number of amides is 2. The van der Waals surface area contributed by atoms with Crippen LogP contribution in [0.1, 0.15) is 47.7 Å². The monoisotopic (exact) mass is 457 g/mol. The van der Waals surface area contributed by atoms with Crippen molar-refractivity contribution in [1.29, 1.82) is 0 Å². The van der Waals surface area contributed by atoms with Crippen molar-refractivity contribution in [2.45, 2.75) is 47.5 Å². The summed E-state index contributed by atoms with van der Waals surface area (Å²) in [7, 11) is 0. The molecule has 1 saturated heterocycles. The Balaban J connectivity index is 1.54. The van der Waals surface area contributed by atoms with Gasteiger partial charge in [0.15, 0.2) is 5.82 Å². The fourth-order valence-electron chi connectivity index (χ4n) is 4.60. The van der Waals surface area contributed by atoms with E-state index in [9.17, 15) is 4.79 Å². The Labute approximate surface area is 203 Å². The third kappa shape index (κ3) is 4.91. The Kier molecular flexibility index (Phi) is 6.87. The molecule has 1 N–H and O–H groups in total. The van der Waals surface area contributed by atoms with Crippen molar-refractivity contribution < 1.29 is 4.79 Å². The van der Waals surface area contributed by atoms with Gasteiger partial charge in [0.1, 0.15) is 5.82 Å². The van der Waals surface area contributed by atoms with Gasteiger partial charge in [-0.25, -0.2) is 14.8 Å². The van der Waals surface area contributed by atoms with Crippen LogP contribution in [0.5, 0.6) is 0 Å². The quantitative estimate of drug-likeness (QED) is 0.533. The Morgan fingerprint density at radius 3 is 2.32 bits per heavy atom. The minimum Gasteiger partial charge on any atom is -0.353 e. The number of benzene rings is 2. The van der Waals surface area contributed by atoms with Crippen molar-refractivity contribution in [3.63, 3.8) is 0 Å². The zero-order valence-corrected chi connectivity index (χ0v) is 21.1. The molecule has 2 amide bonds. The highest BCUT2D eigenvalue weighted by atomic mass is 16.2. The van der Waals surface area contributed by atoms with Crippen LogP contribution in [0.25, 0.3) is 11.4 Å². The molecule has 0 radical (unpaired) electrons.